The van der Waals surface area contributed by atoms with Crippen molar-refractivity contribution in [2.24, 2.45) is 0 Å². The van der Waals surface area contributed by atoms with E-state index in [0.29, 0.717) is 24.6 Å². The molecule has 2 saturated heterocycles. The molecular weight excluding hydrogens is 545 g/mol. The van der Waals surface area contributed by atoms with E-state index in [0.717, 1.165) is 61.0 Å². The average molecular weight is 576 g/mol. The molecule has 0 spiro atoms. The highest BCUT2D eigenvalue weighted by Gasteiger charge is 2.26. The number of aliphatic hydroxyl groups is 1. The van der Waals surface area contributed by atoms with Crippen LogP contribution >= 0.6 is 23.2 Å². The van der Waals surface area contributed by atoms with Crippen LogP contribution in [-0.4, -0.2) is 85.5 Å². The molecule has 6 heterocycles. The molecule has 0 radical (unpaired) electrons. The van der Waals surface area contributed by atoms with Crippen LogP contribution < -0.4 is 0 Å². The predicted octanol–water partition coefficient (Wildman–Crippen LogP) is 4.07. The number of carbonyl (C=O) groups is 1. The maximum absolute atomic E-state index is 12.4. The number of aliphatic hydroxyl groups excluding tert-OH is 1. The Kier molecular flexibility index (Phi) is 8.63. The number of ether oxygens (including phenoxy) is 2. The predicted molar refractivity (Wildman–Crippen MR) is 147 cm³/mol. The molecule has 2 fully saturated rings. The summed E-state index contributed by atoms with van der Waals surface area (Å²) in [6.07, 6.45) is 7.31. The first-order valence-electron chi connectivity index (χ1n) is 12.9. The minimum atomic E-state index is -0.0605. The molecule has 2 aliphatic heterocycles. The normalized spacial score (nSPS) is 19.6. The first-order valence-corrected chi connectivity index (χ1v) is 13.7. The van der Waals surface area contributed by atoms with Crippen molar-refractivity contribution in [3.05, 3.63) is 46.5 Å². The number of hydrogen-bond donors (Lipinski definition) is 1. The fourth-order valence-electron chi connectivity index (χ4n) is 5.18. The van der Waals surface area contributed by atoms with Gasteiger partial charge in [-0.1, -0.05) is 0 Å². The summed E-state index contributed by atoms with van der Waals surface area (Å²) >= 11 is 11.8. The van der Waals surface area contributed by atoms with Crippen molar-refractivity contribution in [3.63, 3.8) is 0 Å². The van der Waals surface area contributed by atoms with Gasteiger partial charge >= 0.3 is 0 Å². The Morgan fingerprint density at radius 3 is 2.00 bits per heavy atom. The first-order chi connectivity index (χ1) is 18.9. The van der Waals surface area contributed by atoms with E-state index in [1.807, 2.05) is 21.3 Å². The molecule has 2 unspecified atom stereocenters. The fraction of sp³-hybridized carbons (Fsp3) is 0.500. The van der Waals surface area contributed by atoms with Gasteiger partial charge in [0.2, 0.25) is 10.6 Å². The first kappa shape index (κ1) is 27.7. The second-order valence-corrected chi connectivity index (χ2v) is 10.5. The third-order valence-corrected chi connectivity index (χ3v) is 7.33. The summed E-state index contributed by atoms with van der Waals surface area (Å²) < 4.78 is 15.0. The molecule has 4 aromatic rings. The number of aromatic nitrogens is 6. The zero-order chi connectivity index (χ0) is 27.5. The molecule has 1 N–H and O–H groups in total. The van der Waals surface area contributed by atoms with Crippen LogP contribution in [0.25, 0.3) is 22.1 Å². The second kappa shape index (κ2) is 12.1. The summed E-state index contributed by atoms with van der Waals surface area (Å²) in [6, 6.07) is 4.04. The lowest BCUT2D eigenvalue weighted by molar-refractivity contribution is 0.0577. The molecular formula is C26H31Cl2N7O4. The maximum Gasteiger partial charge on any atom is 0.270 e. The number of nitrogens with zero attached hydrogens (tertiary/aromatic N) is 7. The highest BCUT2D eigenvalue weighted by Crippen LogP contribution is 2.30. The van der Waals surface area contributed by atoms with Gasteiger partial charge in [0, 0.05) is 56.2 Å². The lowest BCUT2D eigenvalue weighted by Crippen LogP contribution is -2.29. The van der Waals surface area contributed by atoms with Crippen molar-refractivity contribution < 1.29 is 19.4 Å². The van der Waals surface area contributed by atoms with E-state index in [1.165, 1.54) is 0 Å². The van der Waals surface area contributed by atoms with E-state index in [1.54, 1.807) is 31.4 Å². The lowest BCUT2D eigenvalue weighted by atomic mass is 10.1. The van der Waals surface area contributed by atoms with Gasteiger partial charge in [-0.2, -0.15) is 9.97 Å². The van der Waals surface area contributed by atoms with Crippen molar-refractivity contribution in [2.45, 2.75) is 44.4 Å². The van der Waals surface area contributed by atoms with Gasteiger partial charge in [-0.3, -0.25) is 4.79 Å². The maximum atomic E-state index is 12.4. The van der Waals surface area contributed by atoms with Crippen LogP contribution in [0.5, 0.6) is 0 Å². The second-order valence-electron chi connectivity index (χ2n) is 9.84. The number of carbonyl (C=O) groups excluding carboxylic acids is 1. The molecule has 11 nitrogen and oxygen atoms in total. The van der Waals surface area contributed by atoms with Crippen LogP contribution in [0.4, 0.5) is 0 Å². The molecule has 1 amide bonds. The minimum absolute atomic E-state index is 0.0233. The standard InChI is InChI=1S/C14H17ClN4O2.C12H14ClN3O2/c1-18(2)13(20)11-6-9-7-16-14(15)17-12(9)19(11)10-4-3-5-21-8-10;13-12-14-5-8-4-10(6-17)16(11(8)15-12)9-2-1-3-18-7-9/h6-7,10H,3-5,8H2,1-2H3;4-5,9,17H,1-3,6-7H2. The van der Waals surface area contributed by atoms with Crippen LogP contribution in [0.3, 0.4) is 0 Å². The highest BCUT2D eigenvalue weighted by molar-refractivity contribution is 6.28. The molecule has 0 aliphatic carbocycles. The van der Waals surface area contributed by atoms with E-state index in [4.69, 9.17) is 32.7 Å². The van der Waals surface area contributed by atoms with Gasteiger partial charge in [0.05, 0.1) is 31.9 Å². The van der Waals surface area contributed by atoms with Crippen molar-refractivity contribution in [1.82, 2.24) is 34.0 Å². The third kappa shape index (κ3) is 5.87. The van der Waals surface area contributed by atoms with Crippen LogP contribution in [0.2, 0.25) is 10.6 Å². The van der Waals surface area contributed by atoms with Gasteiger partial charge in [-0.15, -0.1) is 0 Å². The van der Waals surface area contributed by atoms with Crippen LogP contribution in [0.1, 0.15) is 53.9 Å². The van der Waals surface area contributed by atoms with Gasteiger partial charge in [0.1, 0.15) is 17.0 Å². The Labute approximate surface area is 235 Å². The molecule has 2 atom stereocenters. The Morgan fingerprint density at radius 2 is 1.49 bits per heavy atom. The van der Waals surface area contributed by atoms with Crippen molar-refractivity contribution in [1.29, 1.82) is 0 Å². The van der Waals surface area contributed by atoms with Gasteiger partial charge in [0.15, 0.2) is 0 Å². The summed E-state index contributed by atoms with van der Waals surface area (Å²) in [7, 11) is 3.47. The van der Waals surface area contributed by atoms with E-state index in [2.05, 4.69) is 19.9 Å². The molecule has 4 aromatic heterocycles. The molecule has 208 valence electrons. The topological polar surface area (TPSA) is 120 Å². The van der Waals surface area contributed by atoms with Crippen molar-refractivity contribution in [2.75, 3.05) is 40.5 Å². The number of halogens is 2. The van der Waals surface area contributed by atoms with Crippen LogP contribution in [0, 0.1) is 0 Å². The van der Waals surface area contributed by atoms with E-state index >= 15 is 0 Å². The highest BCUT2D eigenvalue weighted by atomic mass is 35.5. The summed E-state index contributed by atoms with van der Waals surface area (Å²) in [6.45, 7) is 2.78. The van der Waals surface area contributed by atoms with Gasteiger partial charge in [-0.25, -0.2) is 9.97 Å². The van der Waals surface area contributed by atoms with Crippen molar-refractivity contribution >= 4 is 51.2 Å². The monoisotopic (exact) mass is 575 g/mol. The third-order valence-electron chi connectivity index (χ3n) is 6.96. The minimum Gasteiger partial charge on any atom is -0.390 e. The zero-order valence-corrected chi connectivity index (χ0v) is 23.4. The Morgan fingerprint density at radius 1 is 0.949 bits per heavy atom. The summed E-state index contributed by atoms with van der Waals surface area (Å²) in [5.41, 5.74) is 2.89. The zero-order valence-electron chi connectivity index (χ0n) is 21.9. The average Bonchev–Trinajstić information content (AvgIpc) is 3.51. The number of fused-ring (bicyclic) bond motifs is 2. The van der Waals surface area contributed by atoms with Crippen LogP contribution in [0.15, 0.2) is 24.5 Å². The molecule has 39 heavy (non-hydrogen) atoms. The van der Waals surface area contributed by atoms with Gasteiger partial charge in [-0.05, 0) is 61.0 Å². The summed E-state index contributed by atoms with van der Waals surface area (Å²) in [5, 5.41) is 11.6. The van der Waals surface area contributed by atoms with E-state index in [9.17, 15) is 9.90 Å². The molecule has 13 heteroatoms. The van der Waals surface area contributed by atoms with Gasteiger partial charge in [0.25, 0.3) is 5.91 Å². The van der Waals surface area contributed by atoms with Crippen LogP contribution in [-0.2, 0) is 16.1 Å². The Balaban J connectivity index is 0.000000160. The smallest absolute Gasteiger partial charge is 0.270 e. The Bertz CT molecular complexity index is 1460. The molecule has 6 rings (SSSR count). The van der Waals surface area contributed by atoms with E-state index < -0.39 is 0 Å². The fourth-order valence-corrected chi connectivity index (χ4v) is 5.43. The number of amides is 1. The van der Waals surface area contributed by atoms with Gasteiger partial charge < -0.3 is 28.6 Å². The molecule has 2 aliphatic rings. The summed E-state index contributed by atoms with van der Waals surface area (Å²) in [4.78, 5) is 30.5. The molecule has 0 bridgehead atoms. The quantitative estimate of drug-likeness (QED) is 0.361. The SMILES string of the molecule is CN(C)C(=O)c1cc2cnc(Cl)nc2n1C1CCCOC1.OCc1cc2cnc(Cl)nc2n1C1CCCOC1. The molecule has 0 aromatic carbocycles. The lowest BCUT2D eigenvalue weighted by Gasteiger charge is -2.26. The largest absolute Gasteiger partial charge is 0.390 e. The number of rotatable bonds is 4. The van der Waals surface area contributed by atoms with E-state index in [-0.39, 0.29) is 35.2 Å². The number of hydrogen-bond acceptors (Lipinski definition) is 8. The summed E-state index contributed by atoms with van der Waals surface area (Å²) in [5.74, 6) is -0.0605. The molecule has 0 saturated carbocycles. The Hall–Kier alpha value is -2.83. The van der Waals surface area contributed by atoms with Crippen molar-refractivity contribution in [3.8, 4) is 0 Å².